The van der Waals surface area contributed by atoms with Crippen LogP contribution in [0.5, 0.6) is 0 Å². The summed E-state index contributed by atoms with van der Waals surface area (Å²) in [7, 11) is 0. The number of rotatable bonds is 2. The van der Waals surface area contributed by atoms with E-state index in [1.165, 1.54) is 0 Å². The Morgan fingerprint density at radius 2 is 2.12 bits per heavy atom. The monoisotopic (exact) mass is 112 g/mol. The fourth-order valence-corrected chi connectivity index (χ4v) is 0.232. The lowest BCUT2D eigenvalue weighted by molar-refractivity contribution is 0.0728. The summed E-state index contributed by atoms with van der Waals surface area (Å²) in [6.07, 6.45) is 8.02. The van der Waals surface area contributed by atoms with E-state index in [0.717, 1.165) is 6.42 Å². The van der Waals surface area contributed by atoms with Crippen LogP contribution < -0.4 is 0 Å². The van der Waals surface area contributed by atoms with Gasteiger partial charge >= 0.3 is 0 Å². The van der Waals surface area contributed by atoms with Gasteiger partial charge in [0.15, 0.2) is 0 Å². The highest BCUT2D eigenvalue weighted by Crippen LogP contribution is 2.11. The van der Waals surface area contributed by atoms with Crippen molar-refractivity contribution in [2.45, 2.75) is 32.8 Å². The van der Waals surface area contributed by atoms with E-state index in [1.807, 2.05) is 20.8 Å². The second-order valence-electron chi connectivity index (χ2n) is 2.33. The van der Waals surface area contributed by atoms with Crippen molar-refractivity contribution < 1.29 is 4.74 Å². The van der Waals surface area contributed by atoms with Crippen LogP contribution in [0.1, 0.15) is 27.2 Å². The number of terminal acetylenes is 1. The largest absolute Gasteiger partial charge is 0.441 e. The summed E-state index contributed by atoms with van der Waals surface area (Å²) < 4.78 is 4.91. The van der Waals surface area contributed by atoms with Gasteiger partial charge < -0.3 is 4.74 Å². The van der Waals surface area contributed by atoms with Gasteiger partial charge in [-0.25, -0.2) is 0 Å². The first-order valence-electron chi connectivity index (χ1n) is 2.76. The van der Waals surface area contributed by atoms with Crippen LogP contribution >= 0.6 is 0 Å². The van der Waals surface area contributed by atoms with Gasteiger partial charge in [0, 0.05) is 0 Å². The average molecular weight is 112 g/mol. The Morgan fingerprint density at radius 3 is 2.25 bits per heavy atom. The average Bonchev–Trinajstić information content (AvgIpc) is 1.67. The van der Waals surface area contributed by atoms with E-state index >= 15 is 0 Å². The molecule has 0 aliphatic heterocycles. The smallest absolute Gasteiger partial charge is 0.115 e. The lowest BCUT2D eigenvalue weighted by Gasteiger charge is -2.18. The number of hydrogen-bond acceptors (Lipinski definition) is 1. The molecule has 0 rings (SSSR count). The van der Waals surface area contributed by atoms with Gasteiger partial charge in [0.1, 0.15) is 11.7 Å². The van der Waals surface area contributed by atoms with Crippen molar-refractivity contribution in [1.29, 1.82) is 0 Å². The summed E-state index contributed by atoms with van der Waals surface area (Å²) in [4.78, 5) is 0. The number of hydrogen-bond donors (Lipinski definition) is 0. The highest BCUT2D eigenvalue weighted by atomic mass is 16.5. The molecule has 0 bridgehead atoms. The van der Waals surface area contributed by atoms with Gasteiger partial charge in [-0.05, 0) is 20.3 Å². The first-order chi connectivity index (χ1) is 3.62. The van der Waals surface area contributed by atoms with Gasteiger partial charge in [0.2, 0.25) is 0 Å². The quantitative estimate of drug-likeness (QED) is 0.495. The van der Waals surface area contributed by atoms with Crippen LogP contribution in [-0.4, -0.2) is 5.60 Å². The van der Waals surface area contributed by atoms with Crippen LogP contribution in [0.2, 0.25) is 0 Å². The van der Waals surface area contributed by atoms with Crippen LogP contribution in [0.3, 0.4) is 0 Å². The van der Waals surface area contributed by atoms with E-state index in [-0.39, 0.29) is 5.60 Å². The van der Waals surface area contributed by atoms with Gasteiger partial charge in [0.25, 0.3) is 0 Å². The molecule has 0 unspecified atom stereocenters. The fourth-order valence-electron chi connectivity index (χ4n) is 0.232. The minimum atomic E-state index is -0.144. The third-order valence-electron chi connectivity index (χ3n) is 1.19. The Hall–Kier alpha value is -0.640. The maximum atomic E-state index is 4.92. The van der Waals surface area contributed by atoms with E-state index in [9.17, 15) is 0 Å². The van der Waals surface area contributed by atoms with Crippen molar-refractivity contribution in [2.24, 2.45) is 0 Å². The predicted octanol–water partition coefficient (Wildman–Crippen LogP) is 1.78. The normalized spacial score (nSPS) is 10.2. The lowest BCUT2D eigenvalue weighted by Crippen LogP contribution is -2.19. The predicted molar refractivity (Wildman–Crippen MR) is 34.3 cm³/mol. The highest BCUT2D eigenvalue weighted by Gasteiger charge is 2.13. The minimum absolute atomic E-state index is 0.144. The molecule has 0 heterocycles. The SMILES string of the molecule is C#COC(C)(C)CC. The molecule has 0 aliphatic carbocycles. The zero-order valence-electron chi connectivity index (χ0n) is 5.69. The first-order valence-corrected chi connectivity index (χ1v) is 2.76. The molecule has 8 heavy (non-hydrogen) atoms. The van der Waals surface area contributed by atoms with E-state index < -0.39 is 0 Å². The Morgan fingerprint density at radius 1 is 1.62 bits per heavy atom. The molecular weight excluding hydrogens is 100 g/mol. The zero-order valence-corrected chi connectivity index (χ0v) is 5.69. The highest BCUT2D eigenvalue weighted by molar-refractivity contribution is 4.77. The van der Waals surface area contributed by atoms with Crippen molar-refractivity contribution >= 4 is 0 Å². The van der Waals surface area contributed by atoms with Gasteiger partial charge in [-0.2, -0.15) is 0 Å². The molecule has 1 heteroatoms. The topological polar surface area (TPSA) is 9.23 Å². The van der Waals surface area contributed by atoms with Gasteiger partial charge in [0.05, 0.1) is 0 Å². The van der Waals surface area contributed by atoms with Gasteiger partial charge in [-0.1, -0.05) is 13.3 Å². The Balaban J connectivity index is 3.58. The van der Waals surface area contributed by atoms with Gasteiger partial charge in [-0.3, -0.25) is 0 Å². The summed E-state index contributed by atoms with van der Waals surface area (Å²) in [5.74, 6) is 0. The molecule has 0 fully saturated rings. The molecule has 0 aromatic heterocycles. The van der Waals surface area contributed by atoms with Crippen LogP contribution in [0.25, 0.3) is 0 Å². The molecule has 0 aliphatic rings. The molecule has 0 saturated heterocycles. The van der Waals surface area contributed by atoms with Crippen molar-refractivity contribution in [2.75, 3.05) is 0 Å². The van der Waals surface area contributed by atoms with E-state index in [1.54, 1.807) is 0 Å². The van der Waals surface area contributed by atoms with E-state index in [0.29, 0.717) is 0 Å². The third kappa shape index (κ3) is 2.52. The van der Waals surface area contributed by atoms with Crippen LogP contribution in [0, 0.1) is 12.5 Å². The molecule has 0 N–H and O–H groups in total. The molecule has 0 radical (unpaired) electrons. The van der Waals surface area contributed by atoms with Crippen molar-refractivity contribution in [3.8, 4) is 12.5 Å². The third-order valence-corrected chi connectivity index (χ3v) is 1.19. The second-order valence-corrected chi connectivity index (χ2v) is 2.33. The molecule has 1 nitrogen and oxygen atoms in total. The lowest BCUT2D eigenvalue weighted by atomic mass is 10.1. The van der Waals surface area contributed by atoms with Crippen LogP contribution in [0.4, 0.5) is 0 Å². The first kappa shape index (κ1) is 7.36. The van der Waals surface area contributed by atoms with Crippen molar-refractivity contribution in [3.05, 3.63) is 0 Å². The van der Waals surface area contributed by atoms with Gasteiger partial charge in [-0.15, -0.1) is 0 Å². The summed E-state index contributed by atoms with van der Waals surface area (Å²) >= 11 is 0. The molecule has 0 amide bonds. The zero-order chi connectivity index (χ0) is 6.62. The van der Waals surface area contributed by atoms with Crippen LogP contribution in [0.15, 0.2) is 0 Å². The maximum Gasteiger partial charge on any atom is 0.115 e. The van der Waals surface area contributed by atoms with E-state index in [2.05, 4.69) is 6.11 Å². The Kier molecular flexibility index (Phi) is 2.41. The summed E-state index contributed by atoms with van der Waals surface area (Å²) in [6, 6.07) is 0. The van der Waals surface area contributed by atoms with Crippen LogP contribution in [-0.2, 0) is 4.74 Å². The maximum absolute atomic E-state index is 4.92. The minimum Gasteiger partial charge on any atom is -0.441 e. The molecule has 46 valence electrons. The molecule has 0 saturated carbocycles. The molecule has 0 aromatic carbocycles. The Bertz CT molecular complexity index is 97.4. The summed E-state index contributed by atoms with van der Waals surface area (Å²) in [5.41, 5.74) is -0.144. The summed E-state index contributed by atoms with van der Waals surface area (Å²) in [5, 5.41) is 0. The molecule has 0 aromatic rings. The standard InChI is InChI=1S/C7H12O/c1-5-7(3,4)8-6-2/h2H,5H2,1,3-4H3. The molecule has 0 spiro atoms. The fraction of sp³-hybridized carbons (Fsp3) is 0.714. The second kappa shape index (κ2) is 2.61. The van der Waals surface area contributed by atoms with Crippen molar-refractivity contribution in [3.63, 3.8) is 0 Å². The summed E-state index contributed by atoms with van der Waals surface area (Å²) in [6.45, 7) is 5.97. The van der Waals surface area contributed by atoms with Crippen molar-refractivity contribution in [1.82, 2.24) is 0 Å². The number of ether oxygens (including phenoxy) is 1. The molecular formula is C7H12O. The molecule has 0 atom stereocenters. The van der Waals surface area contributed by atoms with E-state index in [4.69, 9.17) is 11.2 Å². The Labute approximate surface area is 51.0 Å².